The van der Waals surface area contributed by atoms with Crippen molar-refractivity contribution in [2.45, 2.75) is 37.9 Å². The number of phenolic OH excluding ortho intramolecular Hbond substituents is 1. The number of amides is 1. The first-order valence-corrected chi connectivity index (χ1v) is 8.56. The lowest BCUT2D eigenvalue weighted by Gasteiger charge is -2.09. The average molecular weight is 419 g/mol. The fraction of sp³-hybridized carbons (Fsp3) is 0.375. The van der Waals surface area contributed by atoms with Crippen molar-refractivity contribution in [2.75, 3.05) is 5.32 Å². The lowest BCUT2D eigenvalue weighted by Crippen LogP contribution is -2.16. The zero-order valence-corrected chi connectivity index (χ0v) is 14.9. The molecule has 1 heterocycles. The molecule has 1 saturated carbocycles. The molecule has 0 bridgehead atoms. The van der Waals surface area contributed by atoms with Crippen LogP contribution in [0.1, 0.15) is 36.6 Å². The normalized spacial score (nSPS) is 14.1. The van der Waals surface area contributed by atoms with Gasteiger partial charge in [-0.2, -0.15) is 18.3 Å². The number of nitro benzene ring substituents is 1. The molecule has 1 aromatic carbocycles. The van der Waals surface area contributed by atoms with Gasteiger partial charge in [-0.1, -0.05) is 11.6 Å². The van der Waals surface area contributed by atoms with Crippen LogP contribution in [0, 0.1) is 10.1 Å². The van der Waals surface area contributed by atoms with Crippen LogP contribution in [0.25, 0.3) is 0 Å². The third-order valence-electron chi connectivity index (χ3n) is 4.18. The van der Waals surface area contributed by atoms with E-state index in [0.717, 1.165) is 22.9 Å². The van der Waals surface area contributed by atoms with Crippen LogP contribution in [-0.4, -0.2) is 25.7 Å². The standard InChI is InChI=1S/C16H14ClF3N4O4/c17-13-14(8-1-2-8)23(22-15(13)16(18,19)20)6-5-12(26)21-10-7-9(24(27)28)3-4-11(10)25/h3-4,7-8,25H,1-2,5-6H2,(H,21,26). The van der Waals surface area contributed by atoms with Crippen LogP contribution in [0.3, 0.4) is 0 Å². The van der Waals surface area contributed by atoms with Crippen molar-refractivity contribution >= 4 is 28.9 Å². The van der Waals surface area contributed by atoms with E-state index in [9.17, 15) is 33.2 Å². The second kappa shape index (κ2) is 7.30. The maximum absolute atomic E-state index is 13.0. The Hall–Kier alpha value is -2.82. The maximum Gasteiger partial charge on any atom is 0.436 e. The minimum Gasteiger partial charge on any atom is -0.506 e. The number of carbonyl (C=O) groups is 1. The highest BCUT2D eigenvalue weighted by Crippen LogP contribution is 2.46. The summed E-state index contributed by atoms with van der Waals surface area (Å²) in [5, 5.41) is 25.9. The highest BCUT2D eigenvalue weighted by atomic mass is 35.5. The number of hydrogen-bond donors (Lipinski definition) is 2. The summed E-state index contributed by atoms with van der Waals surface area (Å²) in [6, 6.07) is 3.11. The number of anilines is 1. The molecule has 12 heteroatoms. The molecular formula is C16H14ClF3N4O4. The number of aromatic nitrogens is 2. The Balaban J connectivity index is 1.73. The Labute approximate surface area is 161 Å². The summed E-state index contributed by atoms with van der Waals surface area (Å²) in [5.74, 6) is -1.16. The zero-order valence-electron chi connectivity index (χ0n) is 14.2. The Morgan fingerprint density at radius 2 is 2.11 bits per heavy atom. The molecule has 2 N–H and O–H groups in total. The number of non-ortho nitro benzene ring substituents is 1. The molecule has 1 aliphatic carbocycles. The molecule has 28 heavy (non-hydrogen) atoms. The van der Waals surface area contributed by atoms with Gasteiger partial charge in [-0.05, 0) is 18.9 Å². The molecule has 8 nitrogen and oxygen atoms in total. The van der Waals surface area contributed by atoms with Gasteiger partial charge in [0.2, 0.25) is 5.91 Å². The number of phenols is 1. The molecule has 0 aliphatic heterocycles. The number of benzene rings is 1. The van der Waals surface area contributed by atoms with Gasteiger partial charge in [-0.3, -0.25) is 19.6 Å². The van der Waals surface area contributed by atoms with Crippen molar-refractivity contribution in [3.8, 4) is 5.75 Å². The van der Waals surface area contributed by atoms with Gasteiger partial charge in [0, 0.05) is 24.5 Å². The summed E-state index contributed by atoms with van der Waals surface area (Å²) in [7, 11) is 0. The number of aromatic hydroxyl groups is 1. The van der Waals surface area contributed by atoms with Gasteiger partial charge in [-0.25, -0.2) is 0 Å². The fourth-order valence-electron chi connectivity index (χ4n) is 2.71. The first kappa shape index (κ1) is 19.9. The van der Waals surface area contributed by atoms with E-state index in [1.807, 2.05) is 0 Å². The minimum atomic E-state index is -4.71. The molecule has 2 aromatic rings. The Morgan fingerprint density at radius 1 is 1.43 bits per heavy atom. The third-order valence-corrected chi connectivity index (χ3v) is 4.55. The maximum atomic E-state index is 13.0. The molecule has 0 unspecified atom stereocenters. The Morgan fingerprint density at radius 3 is 2.68 bits per heavy atom. The summed E-state index contributed by atoms with van der Waals surface area (Å²) in [5.41, 5.74) is -1.44. The Bertz CT molecular complexity index is 941. The van der Waals surface area contributed by atoms with Crippen LogP contribution >= 0.6 is 11.6 Å². The summed E-state index contributed by atoms with van der Waals surface area (Å²) in [6.45, 7) is -0.164. The van der Waals surface area contributed by atoms with Crippen LogP contribution in [0.15, 0.2) is 18.2 Å². The van der Waals surface area contributed by atoms with Gasteiger partial charge in [0.05, 0.1) is 27.9 Å². The van der Waals surface area contributed by atoms with Gasteiger partial charge in [0.15, 0.2) is 5.69 Å². The molecule has 0 saturated heterocycles. The molecular weight excluding hydrogens is 405 g/mol. The van der Waals surface area contributed by atoms with Crippen molar-refractivity contribution in [3.05, 3.63) is 44.7 Å². The van der Waals surface area contributed by atoms with Gasteiger partial charge in [0.25, 0.3) is 5.69 Å². The first-order chi connectivity index (χ1) is 13.1. The van der Waals surface area contributed by atoms with Crippen LogP contribution in [0.2, 0.25) is 5.02 Å². The second-order valence-electron chi connectivity index (χ2n) is 6.30. The van der Waals surface area contributed by atoms with Crippen molar-refractivity contribution < 1.29 is 28.0 Å². The number of nitrogens with zero attached hydrogens (tertiary/aromatic N) is 3. The van der Waals surface area contributed by atoms with Crippen LogP contribution in [0.5, 0.6) is 5.75 Å². The van der Waals surface area contributed by atoms with E-state index in [2.05, 4.69) is 10.4 Å². The third kappa shape index (κ3) is 4.19. The van der Waals surface area contributed by atoms with Crippen molar-refractivity contribution in [1.82, 2.24) is 9.78 Å². The number of nitro groups is 1. The van der Waals surface area contributed by atoms with E-state index in [0.29, 0.717) is 12.8 Å². The van der Waals surface area contributed by atoms with Crippen LogP contribution in [0.4, 0.5) is 24.5 Å². The predicted molar refractivity (Wildman–Crippen MR) is 92.2 cm³/mol. The topological polar surface area (TPSA) is 110 Å². The van der Waals surface area contributed by atoms with Gasteiger partial charge >= 0.3 is 6.18 Å². The average Bonchev–Trinajstić information content (AvgIpc) is 3.37. The van der Waals surface area contributed by atoms with E-state index in [1.165, 1.54) is 0 Å². The van der Waals surface area contributed by atoms with Gasteiger partial charge in [0.1, 0.15) is 5.75 Å². The number of alkyl halides is 3. The van der Waals surface area contributed by atoms with Gasteiger partial charge in [-0.15, -0.1) is 0 Å². The summed E-state index contributed by atoms with van der Waals surface area (Å²) >= 11 is 5.86. The lowest BCUT2D eigenvalue weighted by molar-refractivity contribution is -0.384. The van der Waals surface area contributed by atoms with Crippen LogP contribution < -0.4 is 5.32 Å². The summed E-state index contributed by atoms with van der Waals surface area (Å²) in [6.07, 6.45) is -3.59. The molecule has 150 valence electrons. The van der Waals surface area contributed by atoms with Crippen molar-refractivity contribution in [2.24, 2.45) is 0 Å². The number of halogens is 4. The monoisotopic (exact) mass is 418 g/mol. The summed E-state index contributed by atoms with van der Waals surface area (Å²) in [4.78, 5) is 22.2. The number of aryl methyl sites for hydroxylation is 1. The van der Waals surface area contributed by atoms with Crippen molar-refractivity contribution in [1.29, 1.82) is 0 Å². The molecule has 0 atom stereocenters. The number of carbonyl (C=O) groups excluding carboxylic acids is 1. The number of hydrogen-bond acceptors (Lipinski definition) is 5. The number of rotatable bonds is 6. The predicted octanol–water partition coefficient (Wildman–Crippen LogP) is 4.08. The molecule has 1 aliphatic rings. The van der Waals surface area contributed by atoms with E-state index >= 15 is 0 Å². The molecule has 1 aromatic heterocycles. The zero-order chi connectivity index (χ0) is 20.6. The molecule has 0 radical (unpaired) electrons. The SMILES string of the molecule is O=C(CCn1nc(C(F)(F)F)c(Cl)c1C1CC1)Nc1cc([N+](=O)[O-])ccc1O. The first-order valence-electron chi connectivity index (χ1n) is 8.18. The summed E-state index contributed by atoms with van der Waals surface area (Å²) < 4.78 is 40.2. The second-order valence-corrected chi connectivity index (χ2v) is 6.68. The fourth-order valence-corrected chi connectivity index (χ4v) is 3.11. The smallest absolute Gasteiger partial charge is 0.436 e. The van der Waals surface area contributed by atoms with E-state index in [1.54, 1.807) is 0 Å². The molecule has 1 amide bonds. The molecule has 1 fully saturated rings. The Kier molecular flexibility index (Phi) is 5.20. The minimum absolute atomic E-state index is 0.125. The number of nitrogens with one attached hydrogen (secondary N) is 1. The van der Waals surface area contributed by atoms with E-state index < -0.39 is 27.7 Å². The lowest BCUT2D eigenvalue weighted by atomic mass is 10.2. The van der Waals surface area contributed by atoms with Crippen LogP contribution in [-0.2, 0) is 17.5 Å². The highest BCUT2D eigenvalue weighted by Gasteiger charge is 2.42. The van der Waals surface area contributed by atoms with E-state index in [-0.39, 0.29) is 41.7 Å². The van der Waals surface area contributed by atoms with Gasteiger partial charge < -0.3 is 10.4 Å². The quantitative estimate of drug-likeness (QED) is 0.417. The largest absolute Gasteiger partial charge is 0.506 e. The van der Waals surface area contributed by atoms with Crippen molar-refractivity contribution in [3.63, 3.8) is 0 Å². The highest BCUT2D eigenvalue weighted by molar-refractivity contribution is 6.32. The molecule has 3 rings (SSSR count). The van der Waals surface area contributed by atoms with E-state index in [4.69, 9.17) is 11.6 Å². The molecule has 0 spiro atoms.